The van der Waals surface area contributed by atoms with Gasteiger partial charge in [0, 0.05) is 17.8 Å². The second-order valence-corrected chi connectivity index (χ2v) is 4.51. The standard InChI is InChI=1S/C14H15ClN2O/c1-10-5-12(15)3-4-14(10)18-13-6-11(7-16-2)8-17-9-13/h3-6,8-9,16H,7H2,1-2H3. The van der Waals surface area contributed by atoms with Gasteiger partial charge >= 0.3 is 0 Å². The molecule has 0 spiro atoms. The Balaban J connectivity index is 2.20. The predicted molar refractivity (Wildman–Crippen MR) is 73.3 cm³/mol. The molecule has 94 valence electrons. The molecule has 0 unspecified atom stereocenters. The van der Waals surface area contributed by atoms with Crippen LogP contribution in [0.3, 0.4) is 0 Å². The Morgan fingerprint density at radius 1 is 1.28 bits per heavy atom. The number of pyridine rings is 1. The first-order valence-corrected chi connectivity index (χ1v) is 6.09. The van der Waals surface area contributed by atoms with Crippen LogP contribution in [0.1, 0.15) is 11.1 Å². The monoisotopic (exact) mass is 262 g/mol. The highest BCUT2D eigenvalue weighted by Crippen LogP contribution is 2.27. The van der Waals surface area contributed by atoms with Gasteiger partial charge in [-0.1, -0.05) is 11.6 Å². The van der Waals surface area contributed by atoms with E-state index in [9.17, 15) is 0 Å². The van der Waals surface area contributed by atoms with Crippen LogP contribution in [0.15, 0.2) is 36.7 Å². The fraction of sp³-hybridized carbons (Fsp3) is 0.214. The van der Waals surface area contributed by atoms with Crippen molar-refractivity contribution in [1.29, 1.82) is 0 Å². The van der Waals surface area contributed by atoms with E-state index in [4.69, 9.17) is 16.3 Å². The normalized spacial score (nSPS) is 10.4. The van der Waals surface area contributed by atoms with E-state index in [1.54, 1.807) is 6.20 Å². The maximum absolute atomic E-state index is 5.91. The van der Waals surface area contributed by atoms with E-state index in [-0.39, 0.29) is 0 Å². The van der Waals surface area contributed by atoms with Crippen molar-refractivity contribution in [3.05, 3.63) is 52.8 Å². The topological polar surface area (TPSA) is 34.2 Å². The minimum atomic E-state index is 0.710. The number of nitrogens with zero attached hydrogens (tertiary/aromatic N) is 1. The van der Waals surface area contributed by atoms with Gasteiger partial charge in [0.05, 0.1) is 6.20 Å². The zero-order chi connectivity index (χ0) is 13.0. The molecule has 0 aliphatic rings. The van der Waals surface area contributed by atoms with Gasteiger partial charge in [0.15, 0.2) is 0 Å². The molecule has 2 aromatic rings. The zero-order valence-electron chi connectivity index (χ0n) is 10.4. The molecular weight excluding hydrogens is 248 g/mol. The van der Waals surface area contributed by atoms with Crippen LogP contribution in [0.25, 0.3) is 0 Å². The SMILES string of the molecule is CNCc1cncc(Oc2ccc(Cl)cc2C)c1. The van der Waals surface area contributed by atoms with Gasteiger partial charge in [-0.3, -0.25) is 4.98 Å². The minimum absolute atomic E-state index is 0.710. The minimum Gasteiger partial charge on any atom is -0.455 e. The molecule has 0 saturated heterocycles. The number of halogens is 1. The third-order valence-electron chi connectivity index (χ3n) is 2.52. The summed E-state index contributed by atoms with van der Waals surface area (Å²) in [6.45, 7) is 2.73. The third kappa shape index (κ3) is 3.22. The molecule has 1 heterocycles. The summed E-state index contributed by atoms with van der Waals surface area (Å²) >= 11 is 5.91. The number of benzene rings is 1. The van der Waals surface area contributed by atoms with Crippen molar-refractivity contribution in [2.24, 2.45) is 0 Å². The van der Waals surface area contributed by atoms with Crippen molar-refractivity contribution < 1.29 is 4.74 Å². The van der Waals surface area contributed by atoms with Gasteiger partial charge in [0.2, 0.25) is 0 Å². The van der Waals surface area contributed by atoms with Gasteiger partial charge in [-0.2, -0.15) is 0 Å². The molecule has 0 saturated carbocycles. The molecule has 0 bridgehead atoms. The Bertz CT molecular complexity index is 543. The fourth-order valence-electron chi connectivity index (χ4n) is 1.67. The first-order valence-electron chi connectivity index (χ1n) is 5.71. The van der Waals surface area contributed by atoms with Crippen LogP contribution in [-0.4, -0.2) is 12.0 Å². The lowest BCUT2D eigenvalue weighted by molar-refractivity contribution is 0.475. The molecule has 1 N–H and O–H groups in total. The molecule has 0 fully saturated rings. The van der Waals surface area contributed by atoms with E-state index < -0.39 is 0 Å². The van der Waals surface area contributed by atoms with Crippen molar-refractivity contribution in [3.63, 3.8) is 0 Å². The van der Waals surface area contributed by atoms with E-state index in [1.807, 2.05) is 44.4 Å². The van der Waals surface area contributed by atoms with Crippen LogP contribution in [0.4, 0.5) is 0 Å². The number of ether oxygens (including phenoxy) is 1. The summed E-state index contributed by atoms with van der Waals surface area (Å²) in [6.07, 6.45) is 3.52. The summed E-state index contributed by atoms with van der Waals surface area (Å²) < 4.78 is 5.80. The molecule has 1 aromatic heterocycles. The summed E-state index contributed by atoms with van der Waals surface area (Å²) in [5, 5.41) is 3.79. The average Bonchev–Trinajstić information content (AvgIpc) is 2.34. The Morgan fingerprint density at radius 3 is 2.83 bits per heavy atom. The Labute approximate surface area is 112 Å². The molecule has 18 heavy (non-hydrogen) atoms. The zero-order valence-corrected chi connectivity index (χ0v) is 11.2. The summed E-state index contributed by atoms with van der Waals surface area (Å²) in [4.78, 5) is 4.16. The lowest BCUT2D eigenvalue weighted by Crippen LogP contribution is -2.05. The molecule has 0 aliphatic heterocycles. The highest BCUT2D eigenvalue weighted by molar-refractivity contribution is 6.30. The van der Waals surface area contributed by atoms with Crippen LogP contribution in [0.2, 0.25) is 5.02 Å². The van der Waals surface area contributed by atoms with E-state index in [2.05, 4.69) is 10.3 Å². The Hall–Kier alpha value is -1.58. The number of rotatable bonds is 4. The molecular formula is C14H15ClN2O. The number of aryl methyl sites for hydroxylation is 1. The molecule has 0 radical (unpaired) electrons. The second kappa shape index (κ2) is 5.85. The lowest BCUT2D eigenvalue weighted by atomic mass is 10.2. The number of hydrogen-bond acceptors (Lipinski definition) is 3. The molecule has 1 aromatic carbocycles. The van der Waals surface area contributed by atoms with Crippen LogP contribution in [-0.2, 0) is 6.54 Å². The third-order valence-corrected chi connectivity index (χ3v) is 2.75. The van der Waals surface area contributed by atoms with E-state index >= 15 is 0 Å². The molecule has 3 nitrogen and oxygen atoms in total. The van der Waals surface area contributed by atoms with Gasteiger partial charge in [0.1, 0.15) is 11.5 Å². The number of hydrogen-bond donors (Lipinski definition) is 1. The van der Waals surface area contributed by atoms with Crippen molar-refractivity contribution in [3.8, 4) is 11.5 Å². The van der Waals surface area contributed by atoms with Crippen molar-refractivity contribution >= 4 is 11.6 Å². The second-order valence-electron chi connectivity index (χ2n) is 4.07. The van der Waals surface area contributed by atoms with Crippen LogP contribution >= 0.6 is 11.6 Å². The predicted octanol–water partition coefficient (Wildman–Crippen LogP) is 3.56. The van der Waals surface area contributed by atoms with Crippen LogP contribution < -0.4 is 10.1 Å². The highest BCUT2D eigenvalue weighted by atomic mass is 35.5. The Morgan fingerprint density at radius 2 is 2.11 bits per heavy atom. The highest BCUT2D eigenvalue weighted by Gasteiger charge is 2.03. The molecule has 2 rings (SSSR count). The average molecular weight is 263 g/mol. The maximum atomic E-state index is 5.91. The maximum Gasteiger partial charge on any atom is 0.146 e. The van der Waals surface area contributed by atoms with E-state index in [1.165, 1.54) is 0 Å². The number of aromatic nitrogens is 1. The lowest BCUT2D eigenvalue weighted by Gasteiger charge is -2.09. The summed E-state index contributed by atoms with van der Waals surface area (Å²) in [7, 11) is 1.90. The molecule has 4 heteroatoms. The fourth-order valence-corrected chi connectivity index (χ4v) is 1.90. The molecule has 0 amide bonds. The van der Waals surface area contributed by atoms with Gasteiger partial charge in [-0.15, -0.1) is 0 Å². The summed E-state index contributed by atoms with van der Waals surface area (Å²) in [5.74, 6) is 1.52. The van der Waals surface area contributed by atoms with Crippen molar-refractivity contribution in [2.45, 2.75) is 13.5 Å². The summed E-state index contributed by atoms with van der Waals surface area (Å²) in [5.41, 5.74) is 2.09. The van der Waals surface area contributed by atoms with Crippen molar-refractivity contribution in [2.75, 3.05) is 7.05 Å². The van der Waals surface area contributed by atoms with Gasteiger partial charge in [0.25, 0.3) is 0 Å². The smallest absolute Gasteiger partial charge is 0.146 e. The van der Waals surface area contributed by atoms with E-state index in [0.29, 0.717) is 5.02 Å². The first-order chi connectivity index (χ1) is 8.69. The molecule has 0 atom stereocenters. The Kier molecular flexibility index (Phi) is 4.18. The number of nitrogens with one attached hydrogen (secondary N) is 1. The quantitative estimate of drug-likeness (QED) is 0.915. The van der Waals surface area contributed by atoms with Crippen LogP contribution in [0.5, 0.6) is 11.5 Å². The molecule has 0 aliphatic carbocycles. The van der Waals surface area contributed by atoms with Crippen molar-refractivity contribution in [1.82, 2.24) is 10.3 Å². The van der Waals surface area contributed by atoms with Gasteiger partial charge in [-0.05, 0) is 49.4 Å². The van der Waals surface area contributed by atoms with Gasteiger partial charge < -0.3 is 10.1 Å². The summed E-state index contributed by atoms with van der Waals surface area (Å²) in [6, 6.07) is 7.52. The van der Waals surface area contributed by atoms with Crippen LogP contribution in [0, 0.1) is 6.92 Å². The van der Waals surface area contributed by atoms with E-state index in [0.717, 1.165) is 29.2 Å². The van der Waals surface area contributed by atoms with Gasteiger partial charge in [-0.25, -0.2) is 0 Å². The first kappa shape index (κ1) is 12.9. The largest absolute Gasteiger partial charge is 0.455 e.